The number of nitrogens with two attached hydrogens (primary N) is 1. The summed E-state index contributed by atoms with van der Waals surface area (Å²) in [4.78, 5) is 12.7. The molecule has 1 aromatic carbocycles. The Morgan fingerprint density at radius 3 is 2.60 bits per heavy atom. The van der Waals surface area contributed by atoms with Crippen molar-refractivity contribution in [1.29, 1.82) is 5.26 Å². The monoisotopic (exact) mass is 599 g/mol. The second-order valence-electron chi connectivity index (χ2n) is 10.5. The number of para-hydroxylation sites is 1. The Morgan fingerprint density at radius 2 is 1.93 bits per heavy atom. The van der Waals surface area contributed by atoms with Gasteiger partial charge >= 0.3 is 13.7 Å². The summed E-state index contributed by atoms with van der Waals surface area (Å²) in [6.07, 6.45) is 5.92. The normalized spacial score (nSPS) is 28.6. The van der Waals surface area contributed by atoms with Gasteiger partial charge in [0.15, 0.2) is 0 Å². The number of nitriles is 1. The molecule has 1 aromatic rings. The van der Waals surface area contributed by atoms with Gasteiger partial charge in [-0.15, -0.1) is 0 Å². The van der Waals surface area contributed by atoms with Crippen LogP contribution in [0.5, 0.6) is 5.75 Å². The van der Waals surface area contributed by atoms with Crippen LogP contribution in [0.2, 0.25) is 0 Å². The van der Waals surface area contributed by atoms with Gasteiger partial charge in [-0.3, -0.25) is 9.32 Å². The van der Waals surface area contributed by atoms with Crippen molar-refractivity contribution in [2.75, 3.05) is 13.2 Å². The molecule has 226 valence electrons. The number of benzene rings is 1. The number of aliphatic hydroxyl groups excluding tert-OH is 2. The number of aliphatic hydroxyl groups is 2. The fraction of sp³-hybridized carbons (Fsp3) is 0.467. The van der Waals surface area contributed by atoms with Gasteiger partial charge in [-0.2, -0.15) is 10.3 Å². The number of allylic oxidation sites excluding steroid dienone is 6. The molecule has 2 aliphatic carbocycles. The highest BCUT2D eigenvalue weighted by molar-refractivity contribution is 7.52. The van der Waals surface area contributed by atoms with Crippen LogP contribution in [-0.2, 0) is 23.4 Å². The van der Waals surface area contributed by atoms with Gasteiger partial charge in [-0.25, -0.2) is 4.57 Å². The topological polar surface area (TPSA) is 173 Å². The molecule has 0 radical (unpaired) electrons. The standard InChI is InChI=1S/C30H38N3O8P/c1-4-20(5-2)16-38-29(36)19(3)33-42(37,41-21-10-7-6-8-11-21)39-17-26-27(34)28(35)30(18-31,40-26)24-15-14-23-22(24)12-9-13-25(23)32/h6-15,19-20,22,26-28,34-35H,4-5,16-17,32H2,1-3H3,(H,33,37)/t19-,22?,26+,27+,28+,30-,42-/m0/s1. The zero-order chi connectivity index (χ0) is 30.5. The predicted molar refractivity (Wildman–Crippen MR) is 155 cm³/mol. The number of carbonyl (C=O) groups is 1. The number of ether oxygens (including phenoxy) is 2. The number of carbonyl (C=O) groups excluding carboxylic acids is 1. The molecule has 0 spiro atoms. The Morgan fingerprint density at radius 1 is 1.21 bits per heavy atom. The maximum Gasteiger partial charge on any atom is 0.459 e. The van der Waals surface area contributed by atoms with Crippen LogP contribution in [0.1, 0.15) is 33.6 Å². The summed E-state index contributed by atoms with van der Waals surface area (Å²) in [7, 11) is -4.29. The second kappa shape index (κ2) is 13.4. The first kappa shape index (κ1) is 31.7. The number of rotatable bonds is 13. The molecule has 0 aromatic heterocycles. The van der Waals surface area contributed by atoms with Crippen molar-refractivity contribution in [2.45, 2.75) is 63.6 Å². The lowest BCUT2D eigenvalue weighted by Crippen LogP contribution is -2.45. The van der Waals surface area contributed by atoms with Crippen molar-refractivity contribution in [2.24, 2.45) is 17.6 Å². The fourth-order valence-corrected chi connectivity index (χ4v) is 6.63. The molecule has 5 N–H and O–H groups in total. The quantitative estimate of drug-likeness (QED) is 0.193. The average molecular weight is 600 g/mol. The minimum atomic E-state index is -4.29. The van der Waals surface area contributed by atoms with E-state index in [0.717, 1.165) is 18.4 Å². The lowest BCUT2D eigenvalue weighted by Gasteiger charge is -2.31. The van der Waals surface area contributed by atoms with E-state index in [1.54, 1.807) is 54.6 Å². The maximum atomic E-state index is 13.9. The maximum absolute atomic E-state index is 13.9. The van der Waals surface area contributed by atoms with Crippen LogP contribution < -0.4 is 15.3 Å². The number of hydrogen-bond acceptors (Lipinski definition) is 10. The van der Waals surface area contributed by atoms with E-state index in [0.29, 0.717) is 11.3 Å². The molecule has 1 unspecified atom stereocenters. The van der Waals surface area contributed by atoms with Crippen molar-refractivity contribution >= 4 is 13.7 Å². The van der Waals surface area contributed by atoms with Gasteiger partial charge in [0.25, 0.3) is 0 Å². The Balaban J connectivity index is 1.49. The Labute approximate surface area is 245 Å². The molecule has 4 rings (SSSR count). The van der Waals surface area contributed by atoms with Crippen molar-refractivity contribution < 1.29 is 38.1 Å². The van der Waals surface area contributed by atoms with Gasteiger partial charge in [0, 0.05) is 11.6 Å². The van der Waals surface area contributed by atoms with E-state index in [-0.39, 0.29) is 18.3 Å². The Kier molecular flexibility index (Phi) is 10.1. The second-order valence-corrected chi connectivity index (χ2v) is 12.2. The van der Waals surface area contributed by atoms with Gasteiger partial charge in [0.2, 0.25) is 5.60 Å². The summed E-state index contributed by atoms with van der Waals surface area (Å²) in [5.41, 5.74) is 5.86. The van der Waals surface area contributed by atoms with Crippen LogP contribution in [-0.4, -0.2) is 59.4 Å². The van der Waals surface area contributed by atoms with Crippen LogP contribution in [0.15, 0.2) is 77.6 Å². The van der Waals surface area contributed by atoms with Gasteiger partial charge in [-0.05, 0) is 42.2 Å². The molecule has 0 amide bonds. The third kappa shape index (κ3) is 6.55. The molecule has 42 heavy (non-hydrogen) atoms. The van der Waals surface area contributed by atoms with E-state index < -0.39 is 56.2 Å². The largest absolute Gasteiger partial charge is 0.464 e. The van der Waals surface area contributed by atoms with E-state index >= 15 is 0 Å². The first-order valence-electron chi connectivity index (χ1n) is 14.0. The smallest absolute Gasteiger partial charge is 0.459 e. The van der Waals surface area contributed by atoms with Gasteiger partial charge in [-0.1, -0.05) is 69.2 Å². The van der Waals surface area contributed by atoms with Gasteiger partial charge in [0.05, 0.1) is 13.2 Å². The van der Waals surface area contributed by atoms with E-state index in [2.05, 4.69) is 5.09 Å². The molecule has 1 aliphatic heterocycles. The van der Waals surface area contributed by atoms with Crippen molar-refractivity contribution in [3.63, 3.8) is 0 Å². The van der Waals surface area contributed by atoms with E-state index in [9.17, 15) is 24.8 Å². The third-order valence-corrected chi connectivity index (χ3v) is 9.42. The van der Waals surface area contributed by atoms with Crippen LogP contribution in [0.4, 0.5) is 0 Å². The molecule has 12 heteroatoms. The zero-order valence-corrected chi connectivity index (χ0v) is 24.8. The lowest BCUT2D eigenvalue weighted by atomic mass is 9.78. The SMILES string of the molecule is CCC(CC)COC(=O)[C@H](C)N[P@](=O)(OC[C@H]1O[C@@](C#N)(C2=CC=C3C(N)=CC=CC32)[C@H](O)[C@@H]1O)Oc1ccccc1. The van der Waals surface area contributed by atoms with Crippen LogP contribution in [0.25, 0.3) is 0 Å². The van der Waals surface area contributed by atoms with Gasteiger partial charge < -0.3 is 29.9 Å². The average Bonchev–Trinajstić information content (AvgIpc) is 3.53. The number of nitrogens with one attached hydrogen (secondary N) is 1. The zero-order valence-electron chi connectivity index (χ0n) is 23.9. The van der Waals surface area contributed by atoms with E-state index in [4.69, 9.17) is 24.3 Å². The number of nitrogens with zero attached hydrogens (tertiary/aromatic N) is 1. The molecule has 0 saturated carbocycles. The lowest BCUT2D eigenvalue weighted by molar-refractivity contribution is -0.146. The minimum Gasteiger partial charge on any atom is -0.464 e. The van der Waals surface area contributed by atoms with Crippen molar-refractivity contribution in [3.05, 3.63) is 77.6 Å². The number of esters is 1. The van der Waals surface area contributed by atoms with Crippen LogP contribution in [0.3, 0.4) is 0 Å². The molecule has 1 heterocycles. The third-order valence-electron chi connectivity index (χ3n) is 7.78. The highest BCUT2D eigenvalue weighted by Gasteiger charge is 2.59. The molecule has 3 aliphatic rings. The van der Waals surface area contributed by atoms with E-state index in [1.807, 2.05) is 26.0 Å². The summed E-state index contributed by atoms with van der Waals surface area (Å²) >= 11 is 0. The number of hydrogen-bond donors (Lipinski definition) is 4. The summed E-state index contributed by atoms with van der Waals surface area (Å²) in [5.74, 6) is -0.647. The highest BCUT2D eigenvalue weighted by atomic mass is 31.2. The Bertz CT molecular complexity index is 1350. The molecule has 0 bridgehead atoms. The molecule has 7 atom stereocenters. The molecule has 1 fully saturated rings. The van der Waals surface area contributed by atoms with E-state index in [1.165, 1.54) is 6.92 Å². The Hall–Kier alpha value is -3.23. The van der Waals surface area contributed by atoms with Crippen LogP contribution in [0, 0.1) is 23.2 Å². The molecular formula is C30H38N3O8P. The van der Waals surface area contributed by atoms with Crippen molar-refractivity contribution in [1.82, 2.24) is 5.09 Å². The number of fused-ring (bicyclic) bond motifs is 1. The molecule has 1 saturated heterocycles. The molecular weight excluding hydrogens is 561 g/mol. The summed E-state index contributed by atoms with van der Waals surface area (Å²) in [6, 6.07) is 9.19. The summed E-state index contributed by atoms with van der Waals surface area (Å²) < 4.78 is 36.7. The minimum absolute atomic E-state index is 0.203. The summed E-state index contributed by atoms with van der Waals surface area (Å²) in [6.45, 7) is 5.18. The predicted octanol–water partition coefficient (Wildman–Crippen LogP) is 3.43. The molecule has 11 nitrogen and oxygen atoms in total. The summed E-state index contributed by atoms with van der Waals surface area (Å²) in [5, 5.41) is 34.8. The first-order chi connectivity index (χ1) is 20.1. The van der Waals surface area contributed by atoms with Crippen molar-refractivity contribution in [3.8, 4) is 11.8 Å². The first-order valence-corrected chi connectivity index (χ1v) is 15.6. The van der Waals surface area contributed by atoms with Gasteiger partial charge in [0.1, 0.15) is 36.2 Å². The van der Waals surface area contributed by atoms with Crippen LogP contribution >= 0.6 is 7.75 Å². The fourth-order valence-electron chi connectivity index (χ4n) is 5.13. The highest BCUT2D eigenvalue weighted by Crippen LogP contribution is 2.49.